The van der Waals surface area contributed by atoms with E-state index in [2.05, 4.69) is 5.92 Å². The smallest absolute Gasteiger partial charge is 0.123 e. The SMILES string of the molecule is C#CCN(C)c1ccc(F)cc1[C@@H](C)O. The van der Waals surface area contributed by atoms with E-state index in [1.165, 1.54) is 12.1 Å². The molecular weight excluding hydrogens is 193 g/mol. The summed E-state index contributed by atoms with van der Waals surface area (Å²) in [6, 6.07) is 4.30. The van der Waals surface area contributed by atoms with E-state index < -0.39 is 6.10 Å². The predicted molar refractivity (Wildman–Crippen MR) is 59.1 cm³/mol. The number of benzene rings is 1. The molecule has 0 amide bonds. The number of rotatable bonds is 3. The Balaban J connectivity index is 3.12. The Bertz CT molecular complexity index is 382. The molecule has 0 saturated heterocycles. The highest BCUT2D eigenvalue weighted by atomic mass is 19.1. The summed E-state index contributed by atoms with van der Waals surface area (Å²) in [5, 5.41) is 9.50. The van der Waals surface area contributed by atoms with Gasteiger partial charge in [0.1, 0.15) is 5.82 Å². The Hall–Kier alpha value is -1.53. The lowest BCUT2D eigenvalue weighted by molar-refractivity contribution is 0.199. The summed E-state index contributed by atoms with van der Waals surface area (Å²) in [5.74, 6) is 2.14. The topological polar surface area (TPSA) is 23.5 Å². The number of aliphatic hydroxyl groups is 1. The van der Waals surface area contributed by atoms with E-state index in [0.29, 0.717) is 12.1 Å². The second-order valence-electron chi connectivity index (χ2n) is 3.44. The van der Waals surface area contributed by atoms with Crippen molar-refractivity contribution in [3.63, 3.8) is 0 Å². The van der Waals surface area contributed by atoms with Gasteiger partial charge in [0, 0.05) is 18.3 Å². The van der Waals surface area contributed by atoms with Crippen molar-refractivity contribution in [2.24, 2.45) is 0 Å². The van der Waals surface area contributed by atoms with E-state index in [1.54, 1.807) is 24.9 Å². The van der Waals surface area contributed by atoms with Gasteiger partial charge < -0.3 is 10.0 Å². The highest BCUT2D eigenvalue weighted by molar-refractivity contribution is 5.54. The third-order valence-electron chi connectivity index (χ3n) is 2.18. The monoisotopic (exact) mass is 207 g/mol. The second kappa shape index (κ2) is 4.81. The predicted octanol–water partition coefficient (Wildman–Crippen LogP) is 1.95. The first kappa shape index (κ1) is 11.5. The van der Waals surface area contributed by atoms with E-state index in [9.17, 15) is 9.50 Å². The first-order valence-corrected chi connectivity index (χ1v) is 4.68. The average Bonchev–Trinajstić information content (AvgIpc) is 2.17. The molecule has 0 heterocycles. The maximum atomic E-state index is 13.0. The van der Waals surface area contributed by atoms with Crippen LogP contribution in [-0.2, 0) is 0 Å². The number of halogens is 1. The quantitative estimate of drug-likeness (QED) is 0.766. The summed E-state index contributed by atoms with van der Waals surface area (Å²) in [6.07, 6.45) is 4.48. The Kier molecular flexibility index (Phi) is 3.70. The van der Waals surface area contributed by atoms with Crippen molar-refractivity contribution in [3.8, 4) is 12.3 Å². The van der Waals surface area contributed by atoms with Crippen LogP contribution >= 0.6 is 0 Å². The summed E-state index contributed by atoms with van der Waals surface area (Å²) >= 11 is 0. The molecule has 0 bridgehead atoms. The minimum Gasteiger partial charge on any atom is -0.389 e. The van der Waals surface area contributed by atoms with Gasteiger partial charge >= 0.3 is 0 Å². The maximum Gasteiger partial charge on any atom is 0.123 e. The maximum absolute atomic E-state index is 13.0. The lowest BCUT2D eigenvalue weighted by Crippen LogP contribution is -2.19. The van der Waals surface area contributed by atoms with Crippen LogP contribution in [0.2, 0.25) is 0 Å². The van der Waals surface area contributed by atoms with Crippen molar-refractivity contribution in [1.29, 1.82) is 0 Å². The van der Waals surface area contributed by atoms with Gasteiger partial charge in [0.15, 0.2) is 0 Å². The van der Waals surface area contributed by atoms with E-state index in [1.807, 2.05) is 0 Å². The molecule has 0 aliphatic rings. The van der Waals surface area contributed by atoms with Gasteiger partial charge in [0.2, 0.25) is 0 Å². The number of aliphatic hydroxyl groups excluding tert-OH is 1. The zero-order chi connectivity index (χ0) is 11.4. The molecule has 0 fully saturated rings. The third kappa shape index (κ3) is 2.71. The van der Waals surface area contributed by atoms with Crippen LogP contribution in [0.5, 0.6) is 0 Å². The minimum absolute atomic E-state index is 0.358. The molecule has 15 heavy (non-hydrogen) atoms. The van der Waals surface area contributed by atoms with Crippen LogP contribution in [0.3, 0.4) is 0 Å². The van der Waals surface area contributed by atoms with Crippen LogP contribution in [0.15, 0.2) is 18.2 Å². The van der Waals surface area contributed by atoms with E-state index in [4.69, 9.17) is 6.42 Å². The number of anilines is 1. The van der Waals surface area contributed by atoms with Gasteiger partial charge in [-0.25, -0.2) is 4.39 Å². The summed E-state index contributed by atoms with van der Waals surface area (Å²) in [7, 11) is 1.80. The highest BCUT2D eigenvalue weighted by Crippen LogP contribution is 2.26. The van der Waals surface area contributed by atoms with Gasteiger partial charge in [-0.05, 0) is 25.1 Å². The Morgan fingerprint density at radius 1 is 1.60 bits per heavy atom. The minimum atomic E-state index is -0.712. The second-order valence-corrected chi connectivity index (χ2v) is 3.44. The van der Waals surface area contributed by atoms with Gasteiger partial charge in [0.25, 0.3) is 0 Å². The normalized spacial score (nSPS) is 11.9. The zero-order valence-electron chi connectivity index (χ0n) is 8.87. The Labute approximate surface area is 89.3 Å². The van der Waals surface area contributed by atoms with Gasteiger partial charge in [-0.2, -0.15) is 0 Å². The summed E-state index contributed by atoms with van der Waals surface area (Å²) in [4.78, 5) is 1.79. The average molecular weight is 207 g/mol. The third-order valence-corrected chi connectivity index (χ3v) is 2.18. The molecule has 3 heteroatoms. The molecule has 1 N–H and O–H groups in total. The number of hydrogen-bond donors (Lipinski definition) is 1. The first-order chi connectivity index (χ1) is 7.06. The van der Waals surface area contributed by atoms with E-state index >= 15 is 0 Å². The van der Waals surface area contributed by atoms with E-state index in [0.717, 1.165) is 5.69 Å². The molecule has 0 unspecified atom stereocenters. The van der Waals surface area contributed by atoms with Crippen LogP contribution < -0.4 is 4.90 Å². The van der Waals surface area contributed by atoms with Crippen LogP contribution in [0.1, 0.15) is 18.6 Å². The molecule has 0 saturated carbocycles. The van der Waals surface area contributed by atoms with Crippen LogP contribution in [0.4, 0.5) is 10.1 Å². The van der Waals surface area contributed by atoms with Crippen molar-refractivity contribution in [3.05, 3.63) is 29.6 Å². The Morgan fingerprint density at radius 3 is 2.80 bits per heavy atom. The van der Waals surface area contributed by atoms with Crippen molar-refractivity contribution < 1.29 is 9.50 Å². The molecule has 80 valence electrons. The standard InChI is InChI=1S/C12H14FNO/c1-4-7-14(3)12-6-5-10(13)8-11(12)9(2)15/h1,5-6,8-9,15H,7H2,2-3H3/t9-/m1/s1. The fraction of sp³-hybridized carbons (Fsp3) is 0.333. The van der Waals surface area contributed by atoms with Crippen molar-refractivity contribution in [2.45, 2.75) is 13.0 Å². The molecule has 1 atom stereocenters. The molecule has 2 nitrogen and oxygen atoms in total. The number of terminal acetylenes is 1. The summed E-state index contributed by atoms with van der Waals surface area (Å²) in [5.41, 5.74) is 1.30. The van der Waals surface area contributed by atoms with Gasteiger partial charge in [0.05, 0.1) is 12.6 Å². The Morgan fingerprint density at radius 2 is 2.27 bits per heavy atom. The zero-order valence-corrected chi connectivity index (χ0v) is 8.87. The van der Waals surface area contributed by atoms with Crippen LogP contribution in [-0.4, -0.2) is 18.7 Å². The molecule has 1 aromatic rings. The highest BCUT2D eigenvalue weighted by Gasteiger charge is 2.11. The molecule has 0 spiro atoms. The molecule has 1 rings (SSSR count). The summed E-state index contributed by atoms with van der Waals surface area (Å²) in [6.45, 7) is 2.02. The van der Waals surface area contributed by atoms with Crippen molar-refractivity contribution in [2.75, 3.05) is 18.5 Å². The lowest BCUT2D eigenvalue weighted by Gasteiger charge is -2.21. The van der Waals surface area contributed by atoms with Crippen LogP contribution in [0, 0.1) is 18.2 Å². The van der Waals surface area contributed by atoms with Crippen molar-refractivity contribution in [1.82, 2.24) is 0 Å². The van der Waals surface area contributed by atoms with Crippen molar-refractivity contribution >= 4 is 5.69 Å². The van der Waals surface area contributed by atoms with Crippen LogP contribution in [0.25, 0.3) is 0 Å². The number of nitrogens with zero attached hydrogens (tertiary/aromatic N) is 1. The summed E-state index contributed by atoms with van der Waals surface area (Å²) < 4.78 is 13.0. The lowest BCUT2D eigenvalue weighted by atomic mass is 10.1. The molecule has 0 aliphatic carbocycles. The molecule has 0 radical (unpaired) electrons. The molecule has 0 aliphatic heterocycles. The van der Waals surface area contributed by atoms with Gasteiger partial charge in [-0.3, -0.25) is 0 Å². The van der Waals surface area contributed by atoms with Gasteiger partial charge in [-0.1, -0.05) is 5.92 Å². The fourth-order valence-corrected chi connectivity index (χ4v) is 1.43. The first-order valence-electron chi connectivity index (χ1n) is 4.68. The molecule has 0 aromatic heterocycles. The number of hydrogen-bond acceptors (Lipinski definition) is 2. The molecular formula is C12H14FNO. The fourth-order valence-electron chi connectivity index (χ4n) is 1.43. The van der Waals surface area contributed by atoms with Gasteiger partial charge in [-0.15, -0.1) is 6.42 Å². The van der Waals surface area contributed by atoms with E-state index in [-0.39, 0.29) is 5.82 Å². The largest absolute Gasteiger partial charge is 0.389 e. The molecule has 1 aromatic carbocycles.